The van der Waals surface area contributed by atoms with Gasteiger partial charge in [0.1, 0.15) is 0 Å². The Kier molecular flexibility index (Phi) is 23.2. The Balaban J connectivity index is 0.000000497. The molecule has 0 heteroatoms. The minimum absolute atomic E-state index is 1.18. The summed E-state index contributed by atoms with van der Waals surface area (Å²) in [6.07, 6.45) is 20.0. The van der Waals surface area contributed by atoms with Crippen LogP contribution in [0.1, 0.15) is 111 Å². The second kappa shape index (κ2) is 25.2. The van der Waals surface area contributed by atoms with Crippen LogP contribution < -0.4 is 0 Å². The summed E-state index contributed by atoms with van der Waals surface area (Å²) in [6, 6.07) is 24.7. The van der Waals surface area contributed by atoms with Crippen molar-refractivity contribution < 1.29 is 0 Å². The second-order valence-electron chi connectivity index (χ2n) is 10.1. The molecule has 0 atom stereocenters. The molecular formula is C39H56. The van der Waals surface area contributed by atoms with Gasteiger partial charge in [0.25, 0.3) is 0 Å². The van der Waals surface area contributed by atoms with Crippen LogP contribution in [0.25, 0.3) is 18.2 Å². The van der Waals surface area contributed by atoms with E-state index in [0.717, 1.165) is 0 Å². The molecule has 0 aliphatic rings. The first kappa shape index (κ1) is 35.9. The van der Waals surface area contributed by atoms with Crippen molar-refractivity contribution in [1.29, 1.82) is 0 Å². The Morgan fingerprint density at radius 2 is 1.00 bits per heavy atom. The molecule has 3 rings (SSSR count). The first-order valence-corrected chi connectivity index (χ1v) is 15.0. The molecular weight excluding hydrogens is 468 g/mol. The average molecular weight is 525 g/mol. The molecule has 0 radical (unpaired) electrons. The summed E-state index contributed by atoms with van der Waals surface area (Å²) in [7, 11) is 0. The topological polar surface area (TPSA) is 0 Å². The van der Waals surface area contributed by atoms with Crippen molar-refractivity contribution in [2.75, 3.05) is 0 Å². The highest BCUT2D eigenvalue weighted by Crippen LogP contribution is 2.10. The van der Waals surface area contributed by atoms with E-state index in [1.807, 2.05) is 42.5 Å². The highest BCUT2D eigenvalue weighted by molar-refractivity contribution is 5.51. The Hall–Kier alpha value is -3.12. The van der Waals surface area contributed by atoms with Crippen molar-refractivity contribution in [3.05, 3.63) is 126 Å². The van der Waals surface area contributed by atoms with E-state index in [-0.39, 0.29) is 0 Å². The highest BCUT2D eigenvalue weighted by atomic mass is 14.0. The van der Waals surface area contributed by atoms with E-state index >= 15 is 0 Å². The molecule has 0 heterocycles. The number of unbranched alkanes of at least 4 members (excludes halogenated alkanes) is 9. The molecule has 212 valence electrons. The van der Waals surface area contributed by atoms with Crippen LogP contribution in [0.15, 0.2) is 92.5 Å². The van der Waals surface area contributed by atoms with Gasteiger partial charge in [-0.1, -0.05) is 200 Å². The predicted octanol–water partition coefficient (Wildman–Crippen LogP) is 12.8. The lowest BCUT2D eigenvalue weighted by molar-refractivity contribution is 0.562. The first-order valence-electron chi connectivity index (χ1n) is 15.0. The third-order valence-corrected chi connectivity index (χ3v) is 6.46. The van der Waals surface area contributed by atoms with Gasteiger partial charge in [0.2, 0.25) is 0 Å². The Labute approximate surface area is 242 Å². The zero-order valence-corrected chi connectivity index (χ0v) is 25.9. The van der Waals surface area contributed by atoms with Gasteiger partial charge in [-0.2, -0.15) is 0 Å². The van der Waals surface area contributed by atoms with Crippen molar-refractivity contribution in [2.24, 2.45) is 0 Å². The fourth-order valence-corrected chi connectivity index (χ4v) is 3.88. The van der Waals surface area contributed by atoms with Crippen LogP contribution in [0.3, 0.4) is 0 Å². The number of benzene rings is 3. The lowest BCUT2D eigenvalue weighted by Crippen LogP contribution is -1.80. The van der Waals surface area contributed by atoms with E-state index in [9.17, 15) is 0 Å². The van der Waals surface area contributed by atoms with Crippen molar-refractivity contribution in [1.82, 2.24) is 0 Å². The monoisotopic (exact) mass is 524 g/mol. The molecule has 0 unspecified atom stereocenters. The van der Waals surface area contributed by atoms with E-state index in [1.54, 1.807) is 0 Å². The Morgan fingerprint density at radius 1 is 0.487 bits per heavy atom. The van der Waals surface area contributed by atoms with E-state index < -0.39 is 0 Å². The minimum atomic E-state index is 1.18. The summed E-state index contributed by atoms with van der Waals surface area (Å²) in [6.45, 7) is 21.8. The zero-order valence-electron chi connectivity index (χ0n) is 25.9. The molecule has 39 heavy (non-hydrogen) atoms. The normalized spacial score (nSPS) is 9.46. The van der Waals surface area contributed by atoms with Gasteiger partial charge >= 0.3 is 0 Å². The quantitative estimate of drug-likeness (QED) is 0.207. The molecule has 0 N–H and O–H groups in total. The molecule has 0 fully saturated rings. The summed E-state index contributed by atoms with van der Waals surface area (Å²) in [5.41, 5.74) is 7.45. The number of hydrogen-bond acceptors (Lipinski definition) is 0. The smallest absolute Gasteiger partial charge is 0.0233 e. The molecule has 3 aromatic carbocycles. The summed E-state index contributed by atoms with van der Waals surface area (Å²) >= 11 is 0. The maximum Gasteiger partial charge on any atom is -0.0233 e. The Bertz CT molecular complexity index is 996. The summed E-state index contributed by atoms with van der Waals surface area (Å²) in [5.74, 6) is 0. The summed E-state index contributed by atoms with van der Waals surface area (Å²) in [4.78, 5) is 0. The SMILES string of the molecule is C=Cc1ccc(C)cc1.C=Cc1cccc(C)c1.C=Cc1ccccc1C.CCCCCCCCCCCC. The summed E-state index contributed by atoms with van der Waals surface area (Å²) < 4.78 is 0. The average Bonchev–Trinajstić information content (AvgIpc) is 2.96. The first-order chi connectivity index (χ1) is 18.9. The van der Waals surface area contributed by atoms with Crippen LogP contribution >= 0.6 is 0 Å². The van der Waals surface area contributed by atoms with E-state index in [2.05, 4.69) is 103 Å². The van der Waals surface area contributed by atoms with Gasteiger partial charge in [-0.05, 0) is 43.0 Å². The second-order valence-corrected chi connectivity index (χ2v) is 10.1. The maximum atomic E-state index is 3.69. The zero-order chi connectivity index (χ0) is 29.1. The van der Waals surface area contributed by atoms with Crippen molar-refractivity contribution in [3.63, 3.8) is 0 Å². The standard InChI is InChI=1S/C12H26.3C9H10/c1-3-5-7-9-11-12-10-8-6-4-2;1-3-9-6-4-8(2)5-7-9;1-3-9-6-4-5-8(2)7-9;1-3-9-7-5-4-6-8(9)2/h3-12H2,1-2H3;3*3-7H,1H2,2H3. The van der Waals surface area contributed by atoms with Crippen molar-refractivity contribution in [2.45, 2.75) is 98.8 Å². The molecule has 0 amide bonds. The number of hydrogen-bond donors (Lipinski definition) is 0. The fraction of sp³-hybridized carbons (Fsp3) is 0.385. The molecule has 0 spiro atoms. The minimum Gasteiger partial charge on any atom is -0.0985 e. The predicted molar refractivity (Wildman–Crippen MR) is 181 cm³/mol. The fourth-order valence-electron chi connectivity index (χ4n) is 3.88. The van der Waals surface area contributed by atoms with Gasteiger partial charge in [0.05, 0.1) is 0 Å². The molecule has 0 aliphatic heterocycles. The van der Waals surface area contributed by atoms with Crippen LogP contribution in [0.4, 0.5) is 0 Å². The molecule has 0 bridgehead atoms. The van der Waals surface area contributed by atoms with Crippen LogP contribution in [-0.2, 0) is 0 Å². The van der Waals surface area contributed by atoms with Gasteiger partial charge in [-0.15, -0.1) is 0 Å². The van der Waals surface area contributed by atoms with Crippen LogP contribution in [0, 0.1) is 20.8 Å². The van der Waals surface area contributed by atoms with Crippen LogP contribution in [-0.4, -0.2) is 0 Å². The lowest BCUT2D eigenvalue weighted by atomic mass is 10.1. The summed E-state index contributed by atoms with van der Waals surface area (Å²) in [5, 5.41) is 0. The largest absolute Gasteiger partial charge is 0.0985 e. The van der Waals surface area contributed by atoms with Gasteiger partial charge < -0.3 is 0 Å². The number of aryl methyl sites for hydroxylation is 3. The highest BCUT2D eigenvalue weighted by Gasteiger charge is 1.90. The van der Waals surface area contributed by atoms with Gasteiger partial charge in [-0.3, -0.25) is 0 Å². The Morgan fingerprint density at radius 3 is 1.38 bits per heavy atom. The van der Waals surface area contributed by atoms with E-state index in [0.29, 0.717) is 0 Å². The molecule has 0 aromatic heterocycles. The van der Waals surface area contributed by atoms with E-state index in [4.69, 9.17) is 0 Å². The lowest BCUT2D eigenvalue weighted by Gasteiger charge is -1.99. The molecule has 0 saturated heterocycles. The molecule has 0 aliphatic carbocycles. The van der Waals surface area contributed by atoms with Gasteiger partial charge in [-0.25, -0.2) is 0 Å². The molecule has 0 nitrogen and oxygen atoms in total. The van der Waals surface area contributed by atoms with E-state index in [1.165, 1.54) is 97.6 Å². The third-order valence-electron chi connectivity index (χ3n) is 6.46. The molecule has 0 saturated carbocycles. The molecule has 3 aromatic rings. The van der Waals surface area contributed by atoms with Crippen LogP contribution in [0.5, 0.6) is 0 Å². The van der Waals surface area contributed by atoms with Gasteiger partial charge in [0.15, 0.2) is 0 Å². The van der Waals surface area contributed by atoms with Crippen LogP contribution in [0.2, 0.25) is 0 Å². The maximum absolute atomic E-state index is 3.69. The van der Waals surface area contributed by atoms with Crippen molar-refractivity contribution >= 4 is 18.2 Å². The van der Waals surface area contributed by atoms with Gasteiger partial charge in [0, 0.05) is 0 Å². The number of rotatable bonds is 12. The third kappa shape index (κ3) is 20.5. The van der Waals surface area contributed by atoms with Crippen molar-refractivity contribution in [3.8, 4) is 0 Å².